The standard InChI is InChI=1S/C25H23FN4O3/c1-32-22-10-8-19(26)11-18(22)14-30-15-20(13-27-30)28-25(31)24-21-12-17(7-9-23(21)33-29-24)16-5-3-2-4-6-16/h2-6,8,10-11,13,15,17H,7,9,12,14H2,1H3,(H,28,31). The molecule has 33 heavy (non-hydrogen) atoms. The van der Waals surface area contributed by atoms with Crippen LogP contribution < -0.4 is 10.1 Å². The van der Waals surface area contributed by atoms with Crippen molar-refractivity contribution in [1.29, 1.82) is 0 Å². The second-order valence-corrected chi connectivity index (χ2v) is 8.12. The highest BCUT2D eigenvalue weighted by Gasteiger charge is 2.29. The van der Waals surface area contributed by atoms with E-state index in [2.05, 4.69) is 27.7 Å². The molecule has 7 nitrogen and oxygen atoms in total. The van der Waals surface area contributed by atoms with Crippen LogP contribution in [0.15, 0.2) is 65.4 Å². The van der Waals surface area contributed by atoms with Gasteiger partial charge in [0.15, 0.2) is 5.69 Å². The Kier molecular flexibility index (Phi) is 5.64. The Morgan fingerprint density at radius 3 is 2.94 bits per heavy atom. The molecule has 2 heterocycles. The van der Waals surface area contributed by atoms with Crippen molar-refractivity contribution in [2.45, 2.75) is 31.7 Å². The summed E-state index contributed by atoms with van der Waals surface area (Å²) in [6.45, 7) is 0.301. The summed E-state index contributed by atoms with van der Waals surface area (Å²) in [4.78, 5) is 13.0. The second-order valence-electron chi connectivity index (χ2n) is 8.12. The van der Waals surface area contributed by atoms with E-state index in [0.29, 0.717) is 41.6 Å². The van der Waals surface area contributed by atoms with Crippen LogP contribution in [0.3, 0.4) is 0 Å². The molecule has 0 radical (unpaired) electrons. The summed E-state index contributed by atoms with van der Waals surface area (Å²) in [5.41, 5.74) is 3.60. The van der Waals surface area contributed by atoms with Gasteiger partial charge in [-0.15, -0.1) is 0 Å². The lowest BCUT2D eigenvalue weighted by molar-refractivity contribution is 0.101. The highest BCUT2D eigenvalue weighted by Crippen LogP contribution is 2.34. The molecule has 0 fully saturated rings. The van der Waals surface area contributed by atoms with Gasteiger partial charge in [-0.05, 0) is 42.5 Å². The predicted molar refractivity (Wildman–Crippen MR) is 120 cm³/mol. The van der Waals surface area contributed by atoms with E-state index >= 15 is 0 Å². The number of carbonyl (C=O) groups is 1. The molecule has 1 aliphatic carbocycles. The molecule has 0 saturated carbocycles. The number of benzene rings is 2. The Labute approximate surface area is 190 Å². The molecule has 1 atom stereocenters. The van der Waals surface area contributed by atoms with Gasteiger partial charge in [-0.25, -0.2) is 4.39 Å². The van der Waals surface area contributed by atoms with Gasteiger partial charge in [-0.3, -0.25) is 9.48 Å². The second kappa shape index (κ2) is 8.90. The summed E-state index contributed by atoms with van der Waals surface area (Å²) in [6, 6.07) is 14.6. The maximum atomic E-state index is 13.6. The molecule has 0 saturated heterocycles. The maximum Gasteiger partial charge on any atom is 0.278 e. The number of anilines is 1. The van der Waals surface area contributed by atoms with Crippen LogP contribution in [-0.4, -0.2) is 28.0 Å². The van der Waals surface area contributed by atoms with Crippen molar-refractivity contribution in [3.8, 4) is 5.75 Å². The number of rotatable bonds is 6. The Morgan fingerprint density at radius 2 is 2.12 bits per heavy atom. The Hall–Kier alpha value is -3.94. The first-order valence-electron chi connectivity index (χ1n) is 10.8. The normalized spacial score (nSPS) is 15.2. The first-order valence-corrected chi connectivity index (χ1v) is 10.8. The van der Waals surface area contributed by atoms with Crippen molar-refractivity contribution in [1.82, 2.24) is 14.9 Å². The molecule has 2 aromatic carbocycles. The first kappa shape index (κ1) is 20.9. The van der Waals surface area contributed by atoms with Crippen LogP contribution in [0, 0.1) is 5.82 Å². The molecule has 168 valence electrons. The van der Waals surface area contributed by atoms with Gasteiger partial charge in [0.05, 0.1) is 25.5 Å². The molecule has 0 aliphatic heterocycles. The first-order chi connectivity index (χ1) is 16.1. The fourth-order valence-electron chi connectivity index (χ4n) is 4.34. The number of aryl methyl sites for hydroxylation is 1. The van der Waals surface area contributed by atoms with E-state index in [4.69, 9.17) is 9.26 Å². The van der Waals surface area contributed by atoms with E-state index < -0.39 is 0 Å². The van der Waals surface area contributed by atoms with Gasteiger partial charge in [0.2, 0.25) is 0 Å². The van der Waals surface area contributed by atoms with Gasteiger partial charge in [-0.1, -0.05) is 35.5 Å². The Morgan fingerprint density at radius 1 is 1.27 bits per heavy atom. The molecule has 1 amide bonds. The van der Waals surface area contributed by atoms with E-state index in [1.165, 1.54) is 24.8 Å². The van der Waals surface area contributed by atoms with Crippen LogP contribution in [0.1, 0.15) is 45.3 Å². The number of amides is 1. The summed E-state index contributed by atoms with van der Waals surface area (Å²) in [7, 11) is 1.53. The van der Waals surface area contributed by atoms with Crippen LogP contribution in [0.25, 0.3) is 0 Å². The quantitative estimate of drug-likeness (QED) is 0.468. The number of fused-ring (bicyclic) bond motifs is 1. The van der Waals surface area contributed by atoms with Crippen molar-refractivity contribution in [3.05, 3.63) is 94.9 Å². The van der Waals surface area contributed by atoms with Crippen LogP contribution >= 0.6 is 0 Å². The summed E-state index contributed by atoms with van der Waals surface area (Å²) in [6.07, 6.45) is 5.65. The minimum atomic E-state index is -0.351. The third-order valence-electron chi connectivity index (χ3n) is 5.99. The zero-order valence-corrected chi connectivity index (χ0v) is 18.1. The average molecular weight is 446 g/mol. The largest absolute Gasteiger partial charge is 0.496 e. The van der Waals surface area contributed by atoms with Gasteiger partial charge in [0.25, 0.3) is 5.91 Å². The zero-order valence-electron chi connectivity index (χ0n) is 18.1. The SMILES string of the molecule is COc1ccc(F)cc1Cn1cc(NC(=O)c2noc3c2CC(c2ccccc2)CC3)cn1. The third-order valence-corrected chi connectivity index (χ3v) is 5.99. The summed E-state index contributed by atoms with van der Waals surface area (Å²) in [5, 5.41) is 11.2. The van der Waals surface area contributed by atoms with Crippen LogP contribution in [0.2, 0.25) is 0 Å². The molecular weight excluding hydrogens is 423 g/mol. The number of nitrogens with zero attached hydrogens (tertiary/aromatic N) is 3. The smallest absolute Gasteiger partial charge is 0.278 e. The van der Waals surface area contributed by atoms with Crippen LogP contribution in [0.4, 0.5) is 10.1 Å². The highest BCUT2D eigenvalue weighted by atomic mass is 19.1. The number of nitrogens with one attached hydrogen (secondary N) is 1. The Bertz CT molecular complexity index is 1280. The lowest BCUT2D eigenvalue weighted by Crippen LogP contribution is -2.18. The monoisotopic (exact) mass is 446 g/mol. The van der Waals surface area contributed by atoms with E-state index in [0.717, 1.165) is 24.2 Å². The van der Waals surface area contributed by atoms with Crippen molar-refractivity contribution in [2.24, 2.45) is 0 Å². The van der Waals surface area contributed by atoms with Gasteiger partial charge in [0, 0.05) is 23.7 Å². The van der Waals surface area contributed by atoms with E-state index in [9.17, 15) is 9.18 Å². The number of methoxy groups -OCH3 is 1. The van der Waals surface area contributed by atoms with Gasteiger partial charge in [-0.2, -0.15) is 5.10 Å². The van der Waals surface area contributed by atoms with Crippen molar-refractivity contribution in [3.63, 3.8) is 0 Å². The zero-order chi connectivity index (χ0) is 22.8. The number of ether oxygens (including phenoxy) is 1. The summed E-state index contributed by atoms with van der Waals surface area (Å²) in [5.74, 6) is 0.988. The molecule has 1 aliphatic rings. The predicted octanol–water partition coefficient (Wildman–Crippen LogP) is 4.59. The minimum Gasteiger partial charge on any atom is -0.496 e. The fourth-order valence-corrected chi connectivity index (χ4v) is 4.34. The van der Waals surface area contributed by atoms with Gasteiger partial charge >= 0.3 is 0 Å². The lowest BCUT2D eigenvalue weighted by atomic mass is 9.82. The topological polar surface area (TPSA) is 82.2 Å². The van der Waals surface area contributed by atoms with E-state index in [-0.39, 0.29) is 11.7 Å². The highest BCUT2D eigenvalue weighted by molar-refractivity contribution is 6.03. The average Bonchev–Trinajstić information content (AvgIpc) is 3.46. The fraction of sp³-hybridized carbons (Fsp3) is 0.240. The molecule has 8 heteroatoms. The third kappa shape index (κ3) is 4.37. The molecule has 4 aromatic rings. The van der Waals surface area contributed by atoms with Crippen molar-refractivity contribution >= 4 is 11.6 Å². The summed E-state index contributed by atoms with van der Waals surface area (Å²) >= 11 is 0. The molecular formula is C25H23FN4O3. The van der Waals surface area contributed by atoms with Crippen molar-refractivity contribution < 1.29 is 18.4 Å². The minimum absolute atomic E-state index is 0.301. The molecule has 1 N–H and O–H groups in total. The van der Waals surface area contributed by atoms with Crippen LogP contribution in [-0.2, 0) is 19.4 Å². The number of hydrogen-bond donors (Lipinski definition) is 1. The number of carbonyl (C=O) groups excluding carboxylic acids is 1. The molecule has 0 spiro atoms. The molecule has 0 bridgehead atoms. The number of aromatic nitrogens is 3. The molecule has 5 rings (SSSR count). The summed E-state index contributed by atoms with van der Waals surface area (Å²) < 4.78 is 26.0. The molecule has 2 aromatic heterocycles. The van der Waals surface area contributed by atoms with Crippen LogP contribution in [0.5, 0.6) is 5.75 Å². The number of halogens is 1. The van der Waals surface area contributed by atoms with Gasteiger partial charge in [0.1, 0.15) is 17.3 Å². The lowest BCUT2D eigenvalue weighted by Gasteiger charge is -2.21. The van der Waals surface area contributed by atoms with E-state index in [1.54, 1.807) is 23.1 Å². The number of hydrogen-bond acceptors (Lipinski definition) is 5. The maximum absolute atomic E-state index is 13.6. The Balaban J connectivity index is 1.30. The molecule has 1 unspecified atom stereocenters. The van der Waals surface area contributed by atoms with E-state index in [1.807, 2.05) is 18.2 Å². The van der Waals surface area contributed by atoms with Gasteiger partial charge < -0.3 is 14.6 Å². The van der Waals surface area contributed by atoms with Crippen molar-refractivity contribution in [2.75, 3.05) is 12.4 Å².